The Morgan fingerprint density at radius 1 is 0.961 bits per heavy atom. The molecular formula is C40H45F3N4O4. The fourth-order valence-electron chi connectivity index (χ4n) is 6.18. The molecule has 8 nitrogen and oxygen atoms in total. The predicted molar refractivity (Wildman–Crippen MR) is 193 cm³/mol. The van der Waals surface area contributed by atoms with Gasteiger partial charge in [-0.25, -0.2) is 0 Å². The molecule has 0 spiro atoms. The number of anilines is 3. The second kappa shape index (κ2) is 16.0. The Kier molecular flexibility index (Phi) is 11.7. The molecule has 0 radical (unpaired) electrons. The van der Waals surface area contributed by atoms with Crippen LogP contribution in [0.1, 0.15) is 46.5 Å². The first-order chi connectivity index (χ1) is 24.2. The molecule has 270 valence electrons. The van der Waals surface area contributed by atoms with E-state index in [0.29, 0.717) is 25.2 Å². The molecule has 0 aliphatic carbocycles. The SMILES string of the molecule is Cc1ccc(N(C)c2ccc(CN(C)C[C@H]3Oc4c(NC(=O)Cc5ccc(C(F)(F)F)cc5)cccc4C(=O)N(C(C)CO)C[C@H]3C)cc2)cc1. The summed E-state index contributed by atoms with van der Waals surface area (Å²) in [4.78, 5) is 32.9. The topological polar surface area (TPSA) is 85.4 Å². The average Bonchev–Trinajstić information content (AvgIpc) is 3.10. The number of aliphatic hydroxyl groups excluding tert-OH is 1. The monoisotopic (exact) mass is 702 g/mol. The highest BCUT2D eigenvalue weighted by atomic mass is 19.4. The van der Waals surface area contributed by atoms with Gasteiger partial charge in [-0.3, -0.25) is 14.5 Å². The number of fused-ring (bicyclic) bond motifs is 1. The molecule has 2 amide bonds. The number of likely N-dealkylation sites (N-methyl/N-ethyl adjacent to an activating group) is 1. The first-order valence-electron chi connectivity index (χ1n) is 17.0. The van der Waals surface area contributed by atoms with E-state index in [1.807, 2.05) is 21.0 Å². The van der Waals surface area contributed by atoms with Crippen molar-refractivity contribution in [2.45, 2.75) is 52.1 Å². The molecule has 51 heavy (non-hydrogen) atoms. The Morgan fingerprint density at radius 2 is 1.57 bits per heavy atom. The van der Waals surface area contributed by atoms with Gasteiger partial charge in [-0.2, -0.15) is 13.2 Å². The number of hydrogen-bond donors (Lipinski definition) is 2. The highest BCUT2D eigenvalue weighted by molar-refractivity contribution is 6.02. The number of rotatable bonds is 11. The highest BCUT2D eigenvalue weighted by Gasteiger charge is 2.35. The van der Waals surface area contributed by atoms with Crippen LogP contribution in [0.3, 0.4) is 0 Å². The van der Waals surface area contributed by atoms with Gasteiger partial charge >= 0.3 is 6.18 Å². The Morgan fingerprint density at radius 3 is 2.18 bits per heavy atom. The van der Waals surface area contributed by atoms with Gasteiger partial charge in [0.2, 0.25) is 5.91 Å². The molecule has 11 heteroatoms. The molecule has 0 bridgehead atoms. The summed E-state index contributed by atoms with van der Waals surface area (Å²) in [6.07, 6.45) is -5.06. The quantitative estimate of drug-likeness (QED) is 0.171. The molecule has 1 heterocycles. The van der Waals surface area contributed by atoms with Crippen molar-refractivity contribution in [1.82, 2.24) is 9.80 Å². The van der Waals surface area contributed by atoms with Crippen molar-refractivity contribution in [3.05, 3.63) is 119 Å². The molecular weight excluding hydrogens is 657 g/mol. The van der Waals surface area contributed by atoms with E-state index in [1.54, 1.807) is 30.0 Å². The molecule has 1 unspecified atom stereocenters. The van der Waals surface area contributed by atoms with Crippen molar-refractivity contribution in [1.29, 1.82) is 0 Å². The molecule has 1 aliphatic rings. The third-order valence-electron chi connectivity index (χ3n) is 9.30. The summed E-state index contributed by atoms with van der Waals surface area (Å²) in [5, 5.41) is 12.8. The Bertz CT molecular complexity index is 1800. The van der Waals surface area contributed by atoms with E-state index in [0.717, 1.165) is 29.1 Å². The van der Waals surface area contributed by atoms with Gasteiger partial charge in [0.1, 0.15) is 6.10 Å². The minimum absolute atomic E-state index is 0.153. The number of amides is 2. The normalized spacial score (nSPS) is 16.9. The third-order valence-corrected chi connectivity index (χ3v) is 9.30. The maximum Gasteiger partial charge on any atom is 0.416 e. The molecule has 5 rings (SSSR count). The second-order valence-corrected chi connectivity index (χ2v) is 13.5. The number of hydrogen-bond acceptors (Lipinski definition) is 6. The van der Waals surface area contributed by atoms with Crippen LogP contribution >= 0.6 is 0 Å². The van der Waals surface area contributed by atoms with Gasteiger partial charge in [0, 0.05) is 44.0 Å². The number of ether oxygens (including phenoxy) is 1. The number of carbonyl (C=O) groups is 2. The average molecular weight is 703 g/mol. The largest absolute Gasteiger partial charge is 0.486 e. The van der Waals surface area contributed by atoms with E-state index >= 15 is 0 Å². The van der Waals surface area contributed by atoms with Gasteiger partial charge in [0.15, 0.2) is 5.75 Å². The van der Waals surface area contributed by atoms with E-state index in [-0.39, 0.29) is 41.9 Å². The summed E-state index contributed by atoms with van der Waals surface area (Å²) in [5.41, 5.74) is 4.62. The van der Waals surface area contributed by atoms with Crippen molar-refractivity contribution >= 4 is 28.9 Å². The fraction of sp³-hybridized carbons (Fsp3) is 0.350. The number of nitrogens with one attached hydrogen (secondary N) is 1. The Hall–Kier alpha value is -4.87. The first kappa shape index (κ1) is 37.4. The molecule has 2 N–H and O–H groups in total. The van der Waals surface area contributed by atoms with E-state index < -0.39 is 29.8 Å². The van der Waals surface area contributed by atoms with E-state index in [2.05, 4.69) is 70.6 Å². The van der Waals surface area contributed by atoms with E-state index in [1.165, 1.54) is 17.7 Å². The molecule has 4 aromatic rings. The van der Waals surface area contributed by atoms with Crippen molar-refractivity contribution in [3.63, 3.8) is 0 Å². The molecule has 0 aromatic heterocycles. The van der Waals surface area contributed by atoms with Crippen molar-refractivity contribution in [2.75, 3.05) is 44.0 Å². The summed E-state index contributed by atoms with van der Waals surface area (Å²) in [6, 6.07) is 25.6. The van der Waals surface area contributed by atoms with Crippen LogP contribution in [0.5, 0.6) is 5.75 Å². The number of nitrogens with zero attached hydrogens (tertiary/aromatic N) is 3. The minimum atomic E-state index is -4.47. The molecule has 3 atom stereocenters. The van der Waals surface area contributed by atoms with Gasteiger partial charge in [0.25, 0.3) is 5.91 Å². The van der Waals surface area contributed by atoms with Crippen LogP contribution < -0.4 is 15.0 Å². The van der Waals surface area contributed by atoms with Gasteiger partial charge in [-0.1, -0.05) is 55.0 Å². The van der Waals surface area contributed by atoms with Crippen LogP contribution in [0.15, 0.2) is 91.0 Å². The lowest BCUT2D eigenvalue weighted by Gasteiger charge is -2.38. The fourth-order valence-corrected chi connectivity index (χ4v) is 6.18. The number of para-hydroxylation sites is 1. The Labute approximate surface area is 297 Å². The maximum absolute atomic E-state index is 13.8. The second-order valence-electron chi connectivity index (χ2n) is 13.5. The Balaban J connectivity index is 1.34. The van der Waals surface area contributed by atoms with Crippen LogP contribution in [-0.2, 0) is 23.9 Å². The zero-order valence-corrected chi connectivity index (χ0v) is 29.6. The summed E-state index contributed by atoms with van der Waals surface area (Å²) in [5.74, 6) is -0.744. The zero-order chi connectivity index (χ0) is 36.9. The minimum Gasteiger partial charge on any atom is -0.486 e. The van der Waals surface area contributed by atoms with Crippen molar-refractivity contribution < 1.29 is 32.6 Å². The summed E-state index contributed by atoms with van der Waals surface area (Å²) < 4.78 is 45.7. The predicted octanol–water partition coefficient (Wildman–Crippen LogP) is 7.32. The number of benzene rings is 4. The molecule has 0 fully saturated rings. The van der Waals surface area contributed by atoms with Crippen LogP contribution in [0.25, 0.3) is 0 Å². The lowest BCUT2D eigenvalue weighted by molar-refractivity contribution is -0.137. The van der Waals surface area contributed by atoms with Crippen LogP contribution in [0.4, 0.5) is 30.2 Å². The van der Waals surface area contributed by atoms with Gasteiger partial charge < -0.3 is 25.0 Å². The number of aliphatic hydroxyl groups is 1. The smallest absolute Gasteiger partial charge is 0.416 e. The van der Waals surface area contributed by atoms with Crippen LogP contribution in [0.2, 0.25) is 0 Å². The third kappa shape index (κ3) is 9.28. The maximum atomic E-state index is 13.8. The van der Waals surface area contributed by atoms with Crippen molar-refractivity contribution in [2.24, 2.45) is 5.92 Å². The zero-order valence-electron chi connectivity index (χ0n) is 29.6. The standard InChI is InChI=1S/C40H45F3N4O4/c1-26-9-17-32(18-10-26)46(5)33-19-13-30(14-20-33)23-45(4)24-36-27(2)22-47(28(3)25-48)39(50)34-7-6-8-35(38(34)51-36)44-37(49)21-29-11-15-31(16-12-29)40(41,42)43/h6-20,27-28,36,48H,21-25H2,1-5H3,(H,44,49)/t27-,28?,36-/m1/s1. The van der Waals surface area contributed by atoms with E-state index in [4.69, 9.17) is 4.74 Å². The van der Waals surface area contributed by atoms with Crippen LogP contribution in [-0.4, -0.2) is 72.7 Å². The molecule has 1 aliphatic heterocycles. The highest BCUT2D eigenvalue weighted by Crippen LogP contribution is 2.35. The number of aryl methyl sites for hydroxylation is 1. The lowest BCUT2D eigenvalue weighted by atomic mass is 9.98. The molecule has 0 saturated carbocycles. The first-order valence-corrected chi connectivity index (χ1v) is 17.0. The van der Waals surface area contributed by atoms with Gasteiger partial charge in [-0.05, 0) is 80.6 Å². The number of carbonyl (C=O) groups excluding carboxylic acids is 2. The molecule has 0 saturated heterocycles. The summed E-state index contributed by atoms with van der Waals surface area (Å²) in [6.45, 7) is 7.10. The van der Waals surface area contributed by atoms with Crippen LogP contribution in [0, 0.1) is 12.8 Å². The summed E-state index contributed by atoms with van der Waals surface area (Å²) >= 11 is 0. The van der Waals surface area contributed by atoms with Crippen molar-refractivity contribution in [3.8, 4) is 5.75 Å². The van der Waals surface area contributed by atoms with E-state index in [9.17, 15) is 27.9 Å². The summed E-state index contributed by atoms with van der Waals surface area (Å²) in [7, 11) is 4.03. The number of alkyl halides is 3. The number of halogens is 3. The van der Waals surface area contributed by atoms with Gasteiger partial charge in [-0.15, -0.1) is 0 Å². The molecule has 4 aromatic carbocycles. The lowest BCUT2D eigenvalue weighted by Crippen LogP contribution is -2.49. The van der Waals surface area contributed by atoms with Gasteiger partial charge in [0.05, 0.1) is 35.9 Å².